The third kappa shape index (κ3) is 8.48. The van der Waals surface area contributed by atoms with Crippen molar-refractivity contribution in [3.05, 3.63) is 46.2 Å². The molecule has 1 heterocycles. The van der Waals surface area contributed by atoms with Crippen molar-refractivity contribution in [1.82, 2.24) is 15.5 Å². The summed E-state index contributed by atoms with van der Waals surface area (Å²) in [7, 11) is 6.70. The Hall–Kier alpha value is -2.01. The summed E-state index contributed by atoms with van der Waals surface area (Å²) >= 11 is 1.73. The second-order valence-corrected chi connectivity index (χ2v) is 7.27. The molecule has 0 saturated carbocycles. The van der Waals surface area contributed by atoms with Crippen molar-refractivity contribution in [3.63, 3.8) is 0 Å². The smallest absolute Gasteiger partial charge is 0.241 e. The molecule has 0 fully saturated rings. The zero-order valence-corrected chi connectivity index (χ0v) is 20.4. The van der Waals surface area contributed by atoms with Crippen LogP contribution in [0, 0.1) is 0 Å². The van der Waals surface area contributed by atoms with Gasteiger partial charge in [0.1, 0.15) is 11.5 Å². The normalized spacial score (nSPS) is 10.7. The average Bonchev–Trinajstić information content (AvgIpc) is 3.22. The van der Waals surface area contributed by atoms with Gasteiger partial charge in [0, 0.05) is 37.1 Å². The number of hydrogen-bond donors (Lipinski definition) is 2. The van der Waals surface area contributed by atoms with Gasteiger partial charge in [-0.25, -0.2) is 4.99 Å². The lowest BCUT2D eigenvalue weighted by Crippen LogP contribution is -2.43. The third-order valence-electron chi connectivity index (χ3n) is 4.05. The number of amides is 1. The van der Waals surface area contributed by atoms with Crippen molar-refractivity contribution < 1.29 is 14.3 Å². The van der Waals surface area contributed by atoms with Gasteiger partial charge in [0.2, 0.25) is 5.91 Å². The van der Waals surface area contributed by atoms with Crippen LogP contribution in [-0.2, 0) is 17.8 Å². The number of methoxy groups -OCH3 is 2. The number of thiophene rings is 1. The van der Waals surface area contributed by atoms with E-state index < -0.39 is 0 Å². The van der Waals surface area contributed by atoms with Crippen LogP contribution in [0.1, 0.15) is 10.4 Å². The lowest BCUT2D eigenvalue weighted by Gasteiger charge is -2.15. The summed E-state index contributed by atoms with van der Waals surface area (Å²) in [5.74, 6) is 2.01. The highest BCUT2D eigenvalue weighted by Crippen LogP contribution is 2.25. The molecule has 1 aromatic carbocycles. The van der Waals surface area contributed by atoms with Gasteiger partial charge in [-0.2, -0.15) is 0 Å². The Morgan fingerprint density at radius 1 is 1.17 bits per heavy atom. The summed E-state index contributed by atoms with van der Waals surface area (Å²) in [5, 5.41) is 8.45. The minimum absolute atomic E-state index is 0. The maximum atomic E-state index is 11.9. The fourth-order valence-corrected chi connectivity index (χ4v) is 3.11. The average molecular weight is 532 g/mol. The quantitative estimate of drug-likeness (QED) is 0.295. The number of nitrogens with one attached hydrogen (secondary N) is 2. The van der Waals surface area contributed by atoms with Crippen LogP contribution in [0.3, 0.4) is 0 Å². The summed E-state index contributed by atoms with van der Waals surface area (Å²) in [4.78, 5) is 19.4. The summed E-state index contributed by atoms with van der Waals surface area (Å²) in [6.07, 6.45) is 0.895. The number of benzene rings is 1. The van der Waals surface area contributed by atoms with Crippen molar-refractivity contribution in [2.45, 2.75) is 13.0 Å². The fourth-order valence-electron chi connectivity index (χ4n) is 2.40. The Morgan fingerprint density at radius 3 is 2.59 bits per heavy atom. The number of guanidine groups is 1. The molecule has 0 aliphatic heterocycles. The van der Waals surface area contributed by atoms with Crippen molar-refractivity contribution in [2.24, 2.45) is 4.99 Å². The summed E-state index contributed by atoms with van der Waals surface area (Å²) in [5.41, 5.74) is 0.932. The number of rotatable bonds is 9. The minimum atomic E-state index is -0.0187. The SMILES string of the molecule is COc1ccc(CN=C(NCCc2cccs2)NCC(=O)N(C)C)c(OC)c1.I. The minimum Gasteiger partial charge on any atom is -0.497 e. The largest absolute Gasteiger partial charge is 0.497 e. The number of carbonyl (C=O) groups is 1. The van der Waals surface area contributed by atoms with E-state index in [0.29, 0.717) is 18.3 Å². The van der Waals surface area contributed by atoms with Crippen molar-refractivity contribution in [2.75, 3.05) is 41.4 Å². The van der Waals surface area contributed by atoms with Crippen LogP contribution >= 0.6 is 35.3 Å². The number of aliphatic imine (C=N–C) groups is 1. The van der Waals surface area contributed by atoms with E-state index in [9.17, 15) is 4.79 Å². The van der Waals surface area contributed by atoms with E-state index in [1.807, 2.05) is 24.3 Å². The summed E-state index contributed by atoms with van der Waals surface area (Å²) in [6, 6.07) is 9.78. The van der Waals surface area contributed by atoms with Gasteiger partial charge in [0.05, 0.1) is 27.3 Å². The first-order chi connectivity index (χ1) is 13.5. The molecule has 0 aliphatic rings. The maximum absolute atomic E-state index is 11.9. The van der Waals surface area contributed by atoms with Gasteiger partial charge >= 0.3 is 0 Å². The Labute approximate surface area is 193 Å². The van der Waals surface area contributed by atoms with Gasteiger partial charge in [-0.1, -0.05) is 6.07 Å². The molecule has 0 unspecified atom stereocenters. The van der Waals surface area contributed by atoms with Crippen LogP contribution in [0.5, 0.6) is 11.5 Å². The van der Waals surface area contributed by atoms with Gasteiger partial charge < -0.3 is 25.0 Å². The van der Waals surface area contributed by atoms with Gasteiger partial charge in [0.15, 0.2) is 5.96 Å². The standard InChI is InChI=1S/C20H28N4O3S.HI/c1-24(2)19(25)14-23-20(21-10-9-17-6-5-11-28-17)22-13-15-7-8-16(26-3)12-18(15)27-4;/h5-8,11-12H,9-10,13-14H2,1-4H3,(H2,21,22,23);1H. The molecule has 1 amide bonds. The first-order valence-electron chi connectivity index (χ1n) is 8.99. The zero-order chi connectivity index (χ0) is 20.4. The second kappa shape index (κ2) is 13.3. The molecule has 7 nitrogen and oxygen atoms in total. The topological polar surface area (TPSA) is 75.2 Å². The molecule has 0 bridgehead atoms. The lowest BCUT2D eigenvalue weighted by molar-refractivity contribution is -0.127. The number of likely N-dealkylation sites (N-methyl/N-ethyl adjacent to an activating group) is 1. The Morgan fingerprint density at radius 2 is 1.97 bits per heavy atom. The molecule has 0 radical (unpaired) electrons. The molecule has 0 saturated heterocycles. The number of carbonyl (C=O) groups excluding carboxylic acids is 1. The molecule has 0 atom stereocenters. The second-order valence-electron chi connectivity index (χ2n) is 6.24. The van der Waals surface area contributed by atoms with Crippen molar-refractivity contribution >= 4 is 47.2 Å². The van der Waals surface area contributed by atoms with E-state index in [2.05, 4.69) is 27.1 Å². The van der Waals surface area contributed by atoms with E-state index in [0.717, 1.165) is 24.3 Å². The van der Waals surface area contributed by atoms with Crippen LogP contribution < -0.4 is 20.1 Å². The number of ether oxygens (including phenoxy) is 2. The van der Waals surface area contributed by atoms with Crippen LogP contribution in [0.2, 0.25) is 0 Å². The number of halogens is 1. The lowest BCUT2D eigenvalue weighted by atomic mass is 10.2. The van der Waals surface area contributed by atoms with Gasteiger partial charge in [-0.3, -0.25) is 4.79 Å². The van der Waals surface area contributed by atoms with E-state index in [1.165, 1.54) is 4.88 Å². The third-order valence-corrected chi connectivity index (χ3v) is 4.99. The molecule has 2 N–H and O–H groups in total. The zero-order valence-electron chi connectivity index (χ0n) is 17.2. The Balaban J connectivity index is 0.00000420. The molecule has 29 heavy (non-hydrogen) atoms. The molecular formula is C20H29IN4O3S. The number of hydrogen-bond acceptors (Lipinski definition) is 5. The molecule has 9 heteroatoms. The summed E-state index contributed by atoms with van der Waals surface area (Å²) in [6.45, 7) is 1.32. The first kappa shape index (κ1) is 25.0. The highest BCUT2D eigenvalue weighted by atomic mass is 127. The van der Waals surface area contributed by atoms with Crippen LogP contribution in [0.4, 0.5) is 0 Å². The predicted octanol–water partition coefficient (Wildman–Crippen LogP) is 2.75. The molecule has 2 aromatic rings. The predicted molar refractivity (Wildman–Crippen MR) is 129 cm³/mol. The maximum Gasteiger partial charge on any atom is 0.241 e. The Bertz CT molecular complexity index is 782. The monoisotopic (exact) mass is 532 g/mol. The van der Waals surface area contributed by atoms with Gasteiger partial charge in [0.25, 0.3) is 0 Å². The fraction of sp³-hybridized carbons (Fsp3) is 0.400. The molecule has 0 spiro atoms. The molecule has 2 rings (SSSR count). The van der Waals surface area contributed by atoms with Gasteiger partial charge in [-0.15, -0.1) is 35.3 Å². The van der Waals surface area contributed by atoms with Crippen molar-refractivity contribution in [3.8, 4) is 11.5 Å². The number of nitrogens with zero attached hydrogens (tertiary/aromatic N) is 2. The molecular weight excluding hydrogens is 503 g/mol. The highest BCUT2D eigenvalue weighted by molar-refractivity contribution is 14.0. The molecule has 0 aliphatic carbocycles. The van der Waals surface area contributed by atoms with Crippen LogP contribution in [-0.4, -0.2) is 58.2 Å². The first-order valence-corrected chi connectivity index (χ1v) is 9.87. The van der Waals surface area contributed by atoms with Crippen LogP contribution in [0.15, 0.2) is 40.7 Å². The van der Waals surface area contributed by atoms with E-state index in [-0.39, 0.29) is 36.4 Å². The molecule has 1 aromatic heterocycles. The molecule has 160 valence electrons. The van der Waals surface area contributed by atoms with E-state index >= 15 is 0 Å². The van der Waals surface area contributed by atoms with Crippen LogP contribution in [0.25, 0.3) is 0 Å². The van der Waals surface area contributed by atoms with Crippen molar-refractivity contribution in [1.29, 1.82) is 0 Å². The Kier molecular flexibility index (Phi) is 11.4. The van der Waals surface area contributed by atoms with Gasteiger partial charge in [-0.05, 0) is 30.0 Å². The van der Waals surface area contributed by atoms with E-state index in [1.54, 1.807) is 44.6 Å². The van der Waals surface area contributed by atoms with E-state index in [4.69, 9.17) is 9.47 Å². The highest BCUT2D eigenvalue weighted by Gasteiger charge is 2.08. The summed E-state index contributed by atoms with van der Waals surface area (Å²) < 4.78 is 10.7.